The number of rotatable bonds is 5. The van der Waals surface area contributed by atoms with Gasteiger partial charge in [0.1, 0.15) is 0 Å². The second-order valence-corrected chi connectivity index (χ2v) is 5.40. The molecule has 0 fully saturated rings. The lowest BCUT2D eigenvalue weighted by Crippen LogP contribution is -2.28. The summed E-state index contributed by atoms with van der Waals surface area (Å²) in [6.45, 7) is 3.70. The van der Waals surface area contributed by atoms with Crippen molar-refractivity contribution in [3.8, 4) is 11.8 Å². The van der Waals surface area contributed by atoms with E-state index in [1.54, 1.807) is 0 Å². The maximum Gasteiger partial charge on any atom is 0.0838 e. The minimum Gasteiger partial charge on any atom is -0.336 e. The summed E-state index contributed by atoms with van der Waals surface area (Å²) in [6.07, 6.45) is 2.11. The maximum atomic E-state index is 3.26. The molecule has 1 aromatic carbocycles. The summed E-state index contributed by atoms with van der Waals surface area (Å²) < 4.78 is 2.20. The second-order valence-electron chi connectivity index (χ2n) is 5.40. The molecule has 1 heterocycles. The fourth-order valence-electron chi connectivity index (χ4n) is 2.06. The summed E-state index contributed by atoms with van der Waals surface area (Å²) in [5.41, 5.74) is 1.25. The second kappa shape index (κ2) is 7.14. The predicted molar refractivity (Wildman–Crippen MR) is 85.8 cm³/mol. The average Bonchev–Trinajstić information content (AvgIpc) is 2.85. The average molecular weight is 269 g/mol. The van der Waals surface area contributed by atoms with Crippen LogP contribution in [0.1, 0.15) is 0 Å². The van der Waals surface area contributed by atoms with Gasteiger partial charge in [0, 0.05) is 24.8 Å². The molecule has 0 N–H and O–H groups in total. The topological polar surface area (TPSA) is 11.4 Å². The molecule has 0 spiro atoms. The van der Waals surface area contributed by atoms with E-state index in [2.05, 4.69) is 83.9 Å². The molecule has 0 unspecified atom stereocenters. The van der Waals surface area contributed by atoms with Crippen LogP contribution in [0.15, 0.2) is 36.5 Å². The van der Waals surface area contributed by atoms with Gasteiger partial charge in [0.25, 0.3) is 0 Å². The van der Waals surface area contributed by atoms with E-state index >= 15 is 0 Å². The fourth-order valence-corrected chi connectivity index (χ4v) is 2.06. The van der Waals surface area contributed by atoms with Crippen LogP contribution in [0.4, 0.5) is 0 Å². The van der Waals surface area contributed by atoms with E-state index in [0.29, 0.717) is 0 Å². The fraction of sp³-hybridized carbons (Fsp3) is 0.412. The third-order valence-corrected chi connectivity index (χ3v) is 3.33. The number of benzene rings is 1. The van der Waals surface area contributed by atoms with Crippen molar-refractivity contribution in [1.82, 2.24) is 14.4 Å². The summed E-state index contributed by atoms with van der Waals surface area (Å²) in [5.74, 6) is 6.50. The van der Waals surface area contributed by atoms with Gasteiger partial charge in [-0.25, -0.2) is 0 Å². The molecule has 20 heavy (non-hydrogen) atoms. The summed E-state index contributed by atoms with van der Waals surface area (Å²) in [4.78, 5) is 4.44. The smallest absolute Gasteiger partial charge is 0.0838 e. The molecule has 0 atom stereocenters. The molecule has 0 aliphatic heterocycles. The molecule has 0 saturated heterocycles. The van der Waals surface area contributed by atoms with Crippen molar-refractivity contribution in [3.05, 3.63) is 36.5 Å². The lowest BCUT2D eigenvalue weighted by molar-refractivity contribution is 0.304. The SMILES string of the molecule is CN(C)CCN(C)CC#CCn1ccc2ccccc21. The Bertz CT molecular complexity index is 601. The van der Waals surface area contributed by atoms with Gasteiger partial charge >= 0.3 is 0 Å². The van der Waals surface area contributed by atoms with Crippen LogP contribution in [-0.2, 0) is 6.54 Å². The summed E-state index contributed by atoms with van der Waals surface area (Å²) in [5, 5.41) is 1.28. The first-order chi connectivity index (χ1) is 9.66. The number of para-hydroxylation sites is 1. The highest BCUT2D eigenvalue weighted by molar-refractivity contribution is 5.79. The third kappa shape index (κ3) is 4.12. The molecule has 0 aliphatic carbocycles. The zero-order valence-corrected chi connectivity index (χ0v) is 12.6. The van der Waals surface area contributed by atoms with Crippen LogP contribution >= 0.6 is 0 Å². The van der Waals surface area contributed by atoms with E-state index in [1.165, 1.54) is 10.9 Å². The predicted octanol–water partition coefficient (Wildman–Crippen LogP) is 2.14. The minimum absolute atomic E-state index is 0.759. The van der Waals surface area contributed by atoms with E-state index in [-0.39, 0.29) is 0 Å². The third-order valence-electron chi connectivity index (χ3n) is 3.33. The zero-order chi connectivity index (χ0) is 14.4. The first-order valence-corrected chi connectivity index (χ1v) is 6.99. The van der Waals surface area contributed by atoms with Gasteiger partial charge in [-0.1, -0.05) is 30.0 Å². The molecule has 0 radical (unpaired) electrons. The Morgan fingerprint density at radius 1 is 1.00 bits per heavy atom. The van der Waals surface area contributed by atoms with Crippen molar-refractivity contribution in [3.63, 3.8) is 0 Å². The van der Waals surface area contributed by atoms with E-state index in [1.807, 2.05) is 0 Å². The number of likely N-dealkylation sites (N-methyl/N-ethyl adjacent to an activating group) is 2. The number of aromatic nitrogens is 1. The van der Waals surface area contributed by atoms with Crippen molar-refractivity contribution in [2.45, 2.75) is 6.54 Å². The Morgan fingerprint density at radius 3 is 2.60 bits per heavy atom. The normalized spacial score (nSPS) is 11.1. The van der Waals surface area contributed by atoms with Crippen LogP contribution in [0.2, 0.25) is 0 Å². The van der Waals surface area contributed by atoms with Crippen molar-refractivity contribution >= 4 is 10.9 Å². The molecule has 1 aromatic heterocycles. The van der Waals surface area contributed by atoms with Gasteiger partial charge in [-0.2, -0.15) is 0 Å². The zero-order valence-electron chi connectivity index (χ0n) is 12.6. The van der Waals surface area contributed by atoms with E-state index in [4.69, 9.17) is 0 Å². The first kappa shape index (κ1) is 14.6. The molecule has 2 aromatic rings. The summed E-state index contributed by atoms with van der Waals surface area (Å²) in [7, 11) is 6.30. The minimum atomic E-state index is 0.759. The van der Waals surface area contributed by atoms with Gasteiger partial charge in [-0.3, -0.25) is 4.90 Å². The van der Waals surface area contributed by atoms with Gasteiger partial charge in [0.2, 0.25) is 0 Å². The number of nitrogens with zero attached hydrogens (tertiary/aromatic N) is 3. The number of hydrogen-bond donors (Lipinski definition) is 0. The Kier molecular flexibility index (Phi) is 5.23. The highest BCUT2D eigenvalue weighted by Gasteiger charge is 1.98. The van der Waals surface area contributed by atoms with Crippen LogP contribution in [0.5, 0.6) is 0 Å². The molecule has 0 bridgehead atoms. The van der Waals surface area contributed by atoms with Gasteiger partial charge in [-0.05, 0) is 38.7 Å². The Morgan fingerprint density at radius 2 is 1.80 bits per heavy atom. The summed E-state index contributed by atoms with van der Waals surface area (Å²) >= 11 is 0. The largest absolute Gasteiger partial charge is 0.336 e. The van der Waals surface area contributed by atoms with E-state index in [9.17, 15) is 0 Å². The standard InChI is InChI=1S/C17H23N3/c1-18(2)14-15-19(3)11-6-7-12-20-13-10-16-8-4-5-9-17(16)20/h4-5,8-10,13H,11-12,14-15H2,1-3H3. The highest BCUT2D eigenvalue weighted by Crippen LogP contribution is 2.14. The van der Waals surface area contributed by atoms with Crippen LogP contribution in [-0.4, -0.2) is 55.1 Å². The van der Waals surface area contributed by atoms with Gasteiger partial charge < -0.3 is 9.47 Å². The number of hydrogen-bond acceptors (Lipinski definition) is 2. The lowest BCUT2D eigenvalue weighted by atomic mass is 10.2. The Balaban J connectivity index is 1.85. The van der Waals surface area contributed by atoms with Crippen LogP contribution < -0.4 is 0 Å². The lowest BCUT2D eigenvalue weighted by Gasteiger charge is -2.16. The van der Waals surface area contributed by atoms with Crippen LogP contribution in [0.25, 0.3) is 10.9 Å². The molecular weight excluding hydrogens is 246 g/mol. The van der Waals surface area contributed by atoms with Crippen molar-refractivity contribution in [2.24, 2.45) is 0 Å². The van der Waals surface area contributed by atoms with E-state index < -0.39 is 0 Å². The van der Waals surface area contributed by atoms with Crippen molar-refractivity contribution in [2.75, 3.05) is 40.8 Å². The molecule has 0 aliphatic rings. The monoisotopic (exact) mass is 269 g/mol. The van der Waals surface area contributed by atoms with Crippen LogP contribution in [0, 0.1) is 11.8 Å². The molecule has 2 rings (SSSR count). The van der Waals surface area contributed by atoms with E-state index in [0.717, 1.165) is 26.2 Å². The Hall–Kier alpha value is -1.76. The summed E-state index contributed by atoms with van der Waals surface area (Å²) in [6, 6.07) is 10.5. The number of fused-ring (bicyclic) bond motifs is 1. The van der Waals surface area contributed by atoms with Gasteiger partial charge in [-0.15, -0.1) is 0 Å². The van der Waals surface area contributed by atoms with Gasteiger partial charge in [0.15, 0.2) is 0 Å². The van der Waals surface area contributed by atoms with Crippen LogP contribution in [0.3, 0.4) is 0 Å². The Labute approximate surface area is 121 Å². The maximum absolute atomic E-state index is 3.26. The molecule has 3 heteroatoms. The molecule has 0 saturated carbocycles. The molecule has 0 amide bonds. The van der Waals surface area contributed by atoms with Crippen molar-refractivity contribution in [1.29, 1.82) is 0 Å². The first-order valence-electron chi connectivity index (χ1n) is 6.99. The quantitative estimate of drug-likeness (QED) is 0.771. The van der Waals surface area contributed by atoms with Gasteiger partial charge in [0.05, 0.1) is 13.1 Å². The molecule has 106 valence electrons. The van der Waals surface area contributed by atoms with Crippen molar-refractivity contribution < 1.29 is 0 Å². The molecular formula is C17H23N3. The highest BCUT2D eigenvalue weighted by atomic mass is 15.1. The molecule has 3 nitrogen and oxygen atoms in total.